The van der Waals surface area contributed by atoms with Crippen LogP contribution in [-0.2, 0) is 24.4 Å². The molecule has 0 unspecified atom stereocenters. The predicted octanol–water partition coefficient (Wildman–Crippen LogP) is 3.07. The fraction of sp³-hybridized carbons (Fsp3) is 0.400. The van der Waals surface area contributed by atoms with E-state index in [0.29, 0.717) is 18.8 Å². The molecule has 0 radical (unpaired) electrons. The summed E-state index contributed by atoms with van der Waals surface area (Å²) in [6.45, 7) is 1.23. The molecule has 8 heteroatoms. The van der Waals surface area contributed by atoms with E-state index in [0.717, 1.165) is 30.9 Å². The van der Waals surface area contributed by atoms with Crippen LogP contribution in [0.5, 0.6) is 0 Å². The number of anilines is 1. The second-order valence-corrected chi connectivity index (χ2v) is 11.2. The van der Waals surface area contributed by atoms with Crippen molar-refractivity contribution in [1.82, 2.24) is 0 Å². The number of hydrogen-bond donors (Lipinski definition) is 1. The van der Waals surface area contributed by atoms with Crippen LogP contribution in [0, 0.1) is 5.92 Å². The second kappa shape index (κ2) is 8.23. The molecule has 0 bridgehead atoms. The van der Waals surface area contributed by atoms with Crippen molar-refractivity contribution in [1.29, 1.82) is 0 Å². The molecule has 0 aromatic heterocycles. The molecule has 1 aliphatic heterocycles. The maximum Gasteiger partial charge on any atom is 0.177 e. The van der Waals surface area contributed by atoms with Crippen LogP contribution in [-0.4, -0.2) is 42.5 Å². The first-order valence-electron chi connectivity index (χ1n) is 9.11. The lowest BCUT2D eigenvalue weighted by molar-refractivity contribution is -0.0238. The highest BCUT2D eigenvalue weighted by atomic mass is 32.2. The Morgan fingerprint density at radius 1 is 1.00 bits per heavy atom. The maximum absolute atomic E-state index is 12.2. The third kappa shape index (κ3) is 4.92. The van der Waals surface area contributed by atoms with E-state index in [1.807, 2.05) is 30.3 Å². The topological polar surface area (TPSA) is 89.5 Å². The molecule has 2 aromatic rings. The van der Waals surface area contributed by atoms with Crippen LogP contribution in [0.4, 0.5) is 5.69 Å². The van der Waals surface area contributed by atoms with E-state index in [1.165, 1.54) is 18.2 Å². The molecule has 1 heterocycles. The van der Waals surface area contributed by atoms with Crippen molar-refractivity contribution in [2.45, 2.75) is 28.7 Å². The van der Waals surface area contributed by atoms with Crippen LogP contribution >= 0.6 is 0 Å². The Morgan fingerprint density at radius 3 is 2.36 bits per heavy atom. The minimum Gasteiger partial charge on any atom is -0.384 e. The first kappa shape index (κ1) is 20.8. The second-order valence-electron chi connectivity index (χ2n) is 7.19. The molecule has 2 atom stereocenters. The third-order valence-corrected chi connectivity index (χ3v) is 7.16. The van der Waals surface area contributed by atoms with Crippen LogP contribution in [0.15, 0.2) is 58.3 Å². The van der Waals surface area contributed by atoms with E-state index in [2.05, 4.69) is 5.32 Å². The molecule has 3 rings (SSSR count). The summed E-state index contributed by atoms with van der Waals surface area (Å²) in [7, 11) is -7.09. The summed E-state index contributed by atoms with van der Waals surface area (Å²) >= 11 is 0. The summed E-state index contributed by atoms with van der Waals surface area (Å²) in [4.78, 5) is -0.0231. The van der Waals surface area contributed by atoms with Gasteiger partial charge in [0, 0.05) is 31.6 Å². The standard InChI is InChI=1S/C20H25NO5S2/c1-27(22,23)17-10-11-18(19(13-17)28(2,24)25)21-14-16-9-6-12-26-20(16)15-7-4-3-5-8-15/h3-5,7-8,10-11,13,16,20-21H,6,9,12,14H2,1-2H3/t16-,20+/m1/s1. The van der Waals surface area contributed by atoms with Gasteiger partial charge in [-0.3, -0.25) is 0 Å². The van der Waals surface area contributed by atoms with Crippen LogP contribution in [0.2, 0.25) is 0 Å². The molecule has 28 heavy (non-hydrogen) atoms. The Morgan fingerprint density at radius 2 is 1.71 bits per heavy atom. The molecule has 152 valence electrons. The minimum absolute atomic E-state index is 0.0107. The van der Waals surface area contributed by atoms with Gasteiger partial charge >= 0.3 is 0 Å². The molecule has 0 aliphatic carbocycles. The molecule has 2 aromatic carbocycles. The summed E-state index contributed by atoms with van der Waals surface area (Å²) in [5.41, 5.74) is 1.51. The smallest absolute Gasteiger partial charge is 0.177 e. The highest BCUT2D eigenvalue weighted by molar-refractivity contribution is 7.91. The molecular weight excluding hydrogens is 398 g/mol. The van der Waals surface area contributed by atoms with Crippen LogP contribution in [0.25, 0.3) is 0 Å². The zero-order chi connectivity index (χ0) is 20.4. The molecule has 1 aliphatic rings. The summed E-state index contributed by atoms with van der Waals surface area (Å²) in [5, 5.41) is 3.21. The Balaban J connectivity index is 1.85. The van der Waals surface area contributed by atoms with Crippen molar-refractivity contribution in [2.24, 2.45) is 5.92 Å². The molecule has 0 amide bonds. The highest BCUT2D eigenvalue weighted by Crippen LogP contribution is 2.34. The summed E-state index contributed by atoms with van der Waals surface area (Å²) in [5.74, 6) is 0.179. The summed E-state index contributed by atoms with van der Waals surface area (Å²) in [6, 6.07) is 14.2. The third-order valence-electron chi connectivity index (χ3n) is 4.91. The minimum atomic E-state index is -3.59. The summed E-state index contributed by atoms with van der Waals surface area (Å²) in [6.07, 6.45) is 3.99. The van der Waals surface area contributed by atoms with Crippen LogP contribution in [0.3, 0.4) is 0 Å². The largest absolute Gasteiger partial charge is 0.384 e. The van der Waals surface area contributed by atoms with Crippen LogP contribution < -0.4 is 5.32 Å². The number of hydrogen-bond acceptors (Lipinski definition) is 6. The van der Waals surface area contributed by atoms with E-state index < -0.39 is 19.7 Å². The van der Waals surface area contributed by atoms with Crippen molar-refractivity contribution in [3.05, 3.63) is 54.1 Å². The van der Waals surface area contributed by atoms with E-state index in [1.54, 1.807) is 0 Å². The number of ether oxygens (including phenoxy) is 1. The Hall–Kier alpha value is -1.90. The van der Waals surface area contributed by atoms with E-state index in [4.69, 9.17) is 4.74 Å². The van der Waals surface area contributed by atoms with Gasteiger partial charge in [0.25, 0.3) is 0 Å². The Bertz CT molecular complexity index is 1030. The van der Waals surface area contributed by atoms with Gasteiger partial charge in [0.2, 0.25) is 0 Å². The van der Waals surface area contributed by atoms with Gasteiger partial charge in [-0.05, 0) is 36.6 Å². The SMILES string of the molecule is CS(=O)(=O)c1ccc(NC[C@H]2CCCO[C@H]2c2ccccc2)c(S(C)(=O)=O)c1. The predicted molar refractivity (Wildman–Crippen MR) is 109 cm³/mol. The quantitative estimate of drug-likeness (QED) is 0.768. The molecule has 1 N–H and O–H groups in total. The summed E-state index contributed by atoms with van der Waals surface area (Å²) < 4.78 is 54.0. The van der Waals surface area contributed by atoms with E-state index >= 15 is 0 Å². The van der Waals surface area contributed by atoms with Gasteiger partial charge in [-0.2, -0.15) is 0 Å². The molecule has 1 saturated heterocycles. The average Bonchev–Trinajstić information content (AvgIpc) is 2.65. The van der Waals surface area contributed by atoms with Crippen molar-refractivity contribution < 1.29 is 21.6 Å². The molecule has 6 nitrogen and oxygen atoms in total. The fourth-order valence-electron chi connectivity index (χ4n) is 3.49. The number of benzene rings is 2. The van der Waals surface area contributed by atoms with Gasteiger partial charge in [0.1, 0.15) is 0 Å². The first-order chi connectivity index (χ1) is 13.2. The molecule has 0 saturated carbocycles. The molecular formula is C20H25NO5S2. The highest BCUT2D eigenvalue weighted by Gasteiger charge is 2.28. The maximum atomic E-state index is 12.2. The van der Waals surface area contributed by atoms with Gasteiger partial charge in [-0.25, -0.2) is 16.8 Å². The number of rotatable bonds is 6. The van der Waals surface area contributed by atoms with Gasteiger partial charge in [0.05, 0.1) is 21.6 Å². The van der Waals surface area contributed by atoms with Crippen molar-refractivity contribution in [2.75, 3.05) is 31.0 Å². The molecule has 0 spiro atoms. The molecule has 1 fully saturated rings. The van der Waals surface area contributed by atoms with E-state index in [-0.39, 0.29) is 21.8 Å². The monoisotopic (exact) mass is 423 g/mol. The number of nitrogens with one attached hydrogen (secondary N) is 1. The lowest BCUT2D eigenvalue weighted by atomic mass is 9.89. The van der Waals surface area contributed by atoms with Crippen molar-refractivity contribution in [3.8, 4) is 0 Å². The Labute approximate surface area is 166 Å². The van der Waals surface area contributed by atoms with E-state index in [9.17, 15) is 16.8 Å². The van der Waals surface area contributed by atoms with Crippen molar-refractivity contribution >= 4 is 25.4 Å². The van der Waals surface area contributed by atoms with Gasteiger partial charge in [0.15, 0.2) is 19.7 Å². The normalized spacial score (nSPS) is 20.6. The lowest BCUT2D eigenvalue weighted by Crippen LogP contribution is -2.28. The first-order valence-corrected chi connectivity index (χ1v) is 12.9. The van der Waals surface area contributed by atoms with Crippen LogP contribution in [0.1, 0.15) is 24.5 Å². The van der Waals surface area contributed by atoms with Gasteiger partial charge in [-0.1, -0.05) is 30.3 Å². The number of sulfone groups is 2. The fourth-order valence-corrected chi connectivity index (χ4v) is 5.09. The average molecular weight is 424 g/mol. The van der Waals surface area contributed by atoms with Gasteiger partial charge in [-0.15, -0.1) is 0 Å². The van der Waals surface area contributed by atoms with Crippen molar-refractivity contribution in [3.63, 3.8) is 0 Å². The zero-order valence-electron chi connectivity index (χ0n) is 16.0. The lowest BCUT2D eigenvalue weighted by Gasteiger charge is -2.32. The Kier molecular flexibility index (Phi) is 6.12. The van der Waals surface area contributed by atoms with Gasteiger partial charge < -0.3 is 10.1 Å². The zero-order valence-corrected chi connectivity index (χ0v) is 17.6.